The van der Waals surface area contributed by atoms with Gasteiger partial charge in [-0.05, 0) is 44.2 Å². The number of aromatic nitrogens is 5. The lowest BCUT2D eigenvalue weighted by atomic mass is 10.1. The maximum Gasteiger partial charge on any atom is 0.274 e. The van der Waals surface area contributed by atoms with Crippen molar-refractivity contribution in [2.24, 2.45) is 0 Å². The summed E-state index contributed by atoms with van der Waals surface area (Å²) >= 11 is 0. The van der Waals surface area contributed by atoms with Gasteiger partial charge in [0.25, 0.3) is 5.91 Å². The highest BCUT2D eigenvalue weighted by molar-refractivity contribution is 6.08. The van der Waals surface area contributed by atoms with Gasteiger partial charge in [0.1, 0.15) is 17.2 Å². The number of pyridine rings is 2. The van der Waals surface area contributed by atoms with Crippen LogP contribution >= 0.6 is 0 Å². The third-order valence-electron chi connectivity index (χ3n) is 5.17. The Bertz CT molecular complexity index is 1450. The van der Waals surface area contributed by atoms with E-state index < -0.39 is 5.82 Å². The zero-order chi connectivity index (χ0) is 21.5. The molecule has 7 nitrogen and oxygen atoms in total. The minimum atomic E-state index is -0.402. The molecule has 0 saturated carbocycles. The predicted molar refractivity (Wildman–Crippen MR) is 116 cm³/mol. The van der Waals surface area contributed by atoms with Crippen molar-refractivity contribution < 1.29 is 9.18 Å². The van der Waals surface area contributed by atoms with E-state index in [4.69, 9.17) is 0 Å². The maximum absolute atomic E-state index is 13.4. The number of hydrogen-bond acceptors (Lipinski definition) is 4. The molecule has 1 aromatic carbocycles. The van der Waals surface area contributed by atoms with Crippen LogP contribution in [0.25, 0.3) is 16.6 Å². The Balaban J connectivity index is 1.50. The molecule has 0 saturated heterocycles. The van der Waals surface area contributed by atoms with Crippen molar-refractivity contribution in [2.75, 3.05) is 5.32 Å². The summed E-state index contributed by atoms with van der Waals surface area (Å²) in [5.41, 5.74) is 4.92. The molecule has 0 atom stereocenters. The molecule has 5 rings (SSSR count). The van der Waals surface area contributed by atoms with Crippen molar-refractivity contribution in [1.82, 2.24) is 24.1 Å². The molecular weight excluding hydrogens is 395 g/mol. The van der Waals surface area contributed by atoms with Crippen LogP contribution in [0.15, 0.2) is 60.9 Å². The summed E-state index contributed by atoms with van der Waals surface area (Å²) in [7, 11) is 0. The molecule has 0 radical (unpaired) electrons. The van der Waals surface area contributed by atoms with Crippen LogP contribution in [-0.2, 0) is 6.54 Å². The molecule has 154 valence electrons. The van der Waals surface area contributed by atoms with Gasteiger partial charge < -0.3 is 5.32 Å². The Hall–Kier alpha value is -4.07. The molecule has 0 aliphatic carbocycles. The maximum atomic E-state index is 13.4. The number of anilines is 1. The molecule has 0 aliphatic rings. The Morgan fingerprint density at radius 1 is 1.13 bits per heavy atom. The summed E-state index contributed by atoms with van der Waals surface area (Å²) < 4.78 is 16.9. The molecule has 5 aromatic rings. The molecule has 1 amide bonds. The molecule has 8 heteroatoms. The quantitative estimate of drug-likeness (QED) is 0.480. The largest absolute Gasteiger partial charge is 0.320 e. The smallest absolute Gasteiger partial charge is 0.274 e. The molecule has 0 spiro atoms. The van der Waals surface area contributed by atoms with Crippen LogP contribution in [0.1, 0.15) is 27.6 Å². The fourth-order valence-corrected chi connectivity index (χ4v) is 3.80. The lowest BCUT2D eigenvalue weighted by Crippen LogP contribution is -2.14. The van der Waals surface area contributed by atoms with E-state index in [1.165, 1.54) is 24.5 Å². The van der Waals surface area contributed by atoms with Gasteiger partial charge >= 0.3 is 0 Å². The highest BCUT2D eigenvalue weighted by Gasteiger charge is 2.17. The van der Waals surface area contributed by atoms with Gasteiger partial charge in [-0.3, -0.25) is 18.9 Å². The predicted octanol–water partition coefficient (Wildman–Crippen LogP) is 4.14. The van der Waals surface area contributed by atoms with E-state index in [0.717, 1.165) is 28.0 Å². The highest BCUT2D eigenvalue weighted by atomic mass is 19.1. The average molecular weight is 414 g/mol. The van der Waals surface area contributed by atoms with Crippen LogP contribution in [0.3, 0.4) is 0 Å². The first-order chi connectivity index (χ1) is 15.0. The monoisotopic (exact) mass is 414 g/mol. The minimum Gasteiger partial charge on any atom is -0.320 e. The van der Waals surface area contributed by atoms with Crippen LogP contribution < -0.4 is 5.32 Å². The first-order valence-corrected chi connectivity index (χ1v) is 9.82. The number of nitrogens with zero attached hydrogens (tertiary/aromatic N) is 5. The zero-order valence-electron chi connectivity index (χ0n) is 17.0. The van der Waals surface area contributed by atoms with E-state index in [0.29, 0.717) is 23.6 Å². The van der Waals surface area contributed by atoms with Crippen molar-refractivity contribution in [3.05, 3.63) is 89.5 Å². The van der Waals surface area contributed by atoms with Gasteiger partial charge in [0.05, 0.1) is 35.3 Å². The Kier molecular flexibility index (Phi) is 4.47. The van der Waals surface area contributed by atoms with Crippen molar-refractivity contribution in [1.29, 1.82) is 0 Å². The summed E-state index contributed by atoms with van der Waals surface area (Å²) in [5, 5.41) is 8.49. The number of amides is 1. The number of carbonyl (C=O) groups excluding carboxylic acids is 1. The van der Waals surface area contributed by atoms with Gasteiger partial charge in [-0.25, -0.2) is 9.37 Å². The van der Waals surface area contributed by atoms with Gasteiger partial charge in [-0.15, -0.1) is 0 Å². The van der Waals surface area contributed by atoms with Crippen molar-refractivity contribution >= 4 is 28.1 Å². The van der Waals surface area contributed by atoms with Crippen LogP contribution in [0.2, 0.25) is 0 Å². The van der Waals surface area contributed by atoms with E-state index in [1.807, 2.05) is 54.9 Å². The second-order valence-corrected chi connectivity index (χ2v) is 7.38. The van der Waals surface area contributed by atoms with Crippen LogP contribution in [0.4, 0.5) is 10.1 Å². The van der Waals surface area contributed by atoms with E-state index in [9.17, 15) is 9.18 Å². The molecule has 0 aliphatic heterocycles. The first kappa shape index (κ1) is 18.9. The third kappa shape index (κ3) is 3.42. The summed E-state index contributed by atoms with van der Waals surface area (Å²) in [6.45, 7) is 4.40. The SMILES string of the molecule is Cc1cccc(Cn2nc(C)c3c(NC(=O)c4cnc5cc(F)ccn45)cccc32)n1. The summed E-state index contributed by atoms with van der Waals surface area (Å²) in [5.74, 6) is -0.736. The van der Waals surface area contributed by atoms with E-state index in [2.05, 4.69) is 20.4 Å². The average Bonchev–Trinajstić information content (AvgIpc) is 3.29. The second kappa shape index (κ2) is 7.32. The van der Waals surface area contributed by atoms with Crippen LogP contribution in [0.5, 0.6) is 0 Å². The van der Waals surface area contributed by atoms with Gasteiger partial charge in [-0.1, -0.05) is 12.1 Å². The number of aryl methyl sites for hydroxylation is 2. The normalized spacial score (nSPS) is 11.3. The number of hydrogen-bond donors (Lipinski definition) is 1. The zero-order valence-corrected chi connectivity index (χ0v) is 17.0. The van der Waals surface area contributed by atoms with Crippen molar-refractivity contribution in [3.63, 3.8) is 0 Å². The first-order valence-electron chi connectivity index (χ1n) is 9.82. The molecule has 0 fully saturated rings. The number of rotatable bonds is 4. The van der Waals surface area contributed by atoms with E-state index in [-0.39, 0.29) is 5.91 Å². The van der Waals surface area contributed by atoms with Crippen LogP contribution in [-0.4, -0.2) is 30.1 Å². The summed E-state index contributed by atoms with van der Waals surface area (Å²) in [6, 6.07) is 14.2. The third-order valence-corrected chi connectivity index (χ3v) is 5.17. The Labute approximate surface area is 177 Å². The minimum absolute atomic E-state index is 0.320. The van der Waals surface area contributed by atoms with Gasteiger partial charge in [0.2, 0.25) is 0 Å². The van der Waals surface area contributed by atoms with E-state index in [1.54, 1.807) is 4.40 Å². The number of carbonyl (C=O) groups is 1. The number of halogens is 1. The topological polar surface area (TPSA) is 77.1 Å². The highest BCUT2D eigenvalue weighted by Crippen LogP contribution is 2.27. The fraction of sp³-hybridized carbons (Fsp3) is 0.130. The summed E-state index contributed by atoms with van der Waals surface area (Å²) in [6.07, 6.45) is 2.93. The molecule has 31 heavy (non-hydrogen) atoms. The standard InChI is InChI=1S/C23H19FN6O/c1-14-5-3-6-17(26-14)13-30-19-8-4-7-18(22(19)15(2)28-30)27-23(31)20-12-25-21-11-16(24)9-10-29(20)21/h3-12H,13H2,1-2H3,(H,27,31). The number of nitrogens with one attached hydrogen (secondary N) is 1. The number of fused-ring (bicyclic) bond motifs is 2. The molecule has 4 heterocycles. The number of benzene rings is 1. The molecular formula is C23H19FN6O. The Morgan fingerprint density at radius 3 is 2.81 bits per heavy atom. The fourth-order valence-electron chi connectivity index (χ4n) is 3.80. The second-order valence-electron chi connectivity index (χ2n) is 7.38. The molecule has 0 bridgehead atoms. The lowest BCUT2D eigenvalue weighted by Gasteiger charge is -2.08. The number of imidazole rings is 1. The van der Waals surface area contributed by atoms with E-state index >= 15 is 0 Å². The van der Waals surface area contributed by atoms with Gasteiger partial charge in [0, 0.05) is 23.3 Å². The van der Waals surface area contributed by atoms with Crippen LogP contribution in [0, 0.1) is 19.7 Å². The van der Waals surface area contributed by atoms with Gasteiger partial charge in [0.15, 0.2) is 0 Å². The Morgan fingerprint density at radius 2 is 1.97 bits per heavy atom. The molecule has 4 aromatic heterocycles. The summed E-state index contributed by atoms with van der Waals surface area (Å²) in [4.78, 5) is 21.6. The van der Waals surface area contributed by atoms with Gasteiger partial charge in [-0.2, -0.15) is 5.10 Å². The van der Waals surface area contributed by atoms with Crippen molar-refractivity contribution in [2.45, 2.75) is 20.4 Å². The van der Waals surface area contributed by atoms with Crippen molar-refractivity contribution in [3.8, 4) is 0 Å². The molecule has 1 N–H and O–H groups in total. The molecule has 0 unspecified atom stereocenters. The lowest BCUT2D eigenvalue weighted by molar-refractivity contribution is 0.102.